The van der Waals surface area contributed by atoms with E-state index in [4.69, 9.17) is 5.73 Å². The van der Waals surface area contributed by atoms with Gasteiger partial charge in [0.2, 0.25) is 0 Å². The van der Waals surface area contributed by atoms with E-state index in [0.29, 0.717) is 22.0 Å². The zero-order valence-corrected chi connectivity index (χ0v) is 8.60. The number of rotatable bonds is 0. The van der Waals surface area contributed by atoms with Gasteiger partial charge in [-0.1, -0.05) is 0 Å². The molecule has 83 valence electrons. The van der Waals surface area contributed by atoms with Gasteiger partial charge in [-0.15, -0.1) is 0 Å². The summed E-state index contributed by atoms with van der Waals surface area (Å²) in [7, 11) is 0. The predicted molar refractivity (Wildman–Crippen MR) is 60.8 cm³/mol. The lowest BCUT2D eigenvalue weighted by Gasteiger charge is -2.01. The highest BCUT2D eigenvalue weighted by Gasteiger charge is 2.19. The minimum atomic E-state index is -0.610. The third-order valence-electron chi connectivity index (χ3n) is 2.64. The second-order valence-electron chi connectivity index (χ2n) is 3.62. The number of nitrogens with one attached hydrogen (secondary N) is 1. The summed E-state index contributed by atoms with van der Waals surface area (Å²) in [6.07, 6.45) is 3.03. The van der Waals surface area contributed by atoms with E-state index in [-0.39, 0.29) is 5.91 Å². The van der Waals surface area contributed by atoms with Gasteiger partial charge < -0.3 is 5.73 Å². The average Bonchev–Trinajstić information content (AvgIpc) is 2.60. The number of hydrogen-bond acceptors (Lipinski definition) is 3. The van der Waals surface area contributed by atoms with Crippen LogP contribution in [0.1, 0.15) is 15.9 Å². The van der Waals surface area contributed by atoms with Crippen molar-refractivity contribution in [2.45, 2.75) is 0 Å². The SMILES string of the molecule is NC(=O)n1cc2c3c(c[c]cc31)C(=O)NN=C2. The largest absolute Gasteiger partial charge is 0.351 e. The number of primary amides is 1. The molecule has 0 atom stereocenters. The summed E-state index contributed by atoms with van der Waals surface area (Å²) in [5.74, 6) is -0.330. The fraction of sp³-hybridized carbons (Fsp3) is 0. The number of nitrogens with zero attached hydrogens (tertiary/aromatic N) is 2. The molecular weight excluding hydrogens is 220 g/mol. The highest BCUT2D eigenvalue weighted by molar-refractivity contribution is 6.15. The predicted octanol–water partition coefficient (Wildman–Crippen LogP) is 0.446. The quantitative estimate of drug-likeness (QED) is 0.684. The number of nitrogens with two attached hydrogens (primary N) is 1. The standard InChI is InChI=1S/C11H7N4O2/c12-11(17)15-5-6-4-13-14-10(16)7-2-1-3-8(15)9(6)7/h2-5H,(H2,12,17)(H,14,16). The Bertz CT molecular complexity index is 684. The Morgan fingerprint density at radius 3 is 3.06 bits per heavy atom. The van der Waals surface area contributed by atoms with Crippen LogP contribution in [0, 0.1) is 6.07 Å². The molecule has 3 rings (SSSR count). The first-order chi connectivity index (χ1) is 8.18. The van der Waals surface area contributed by atoms with Crippen molar-refractivity contribution in [3.63, 3.8) is 0 Å². The second-order valence-corrected chi connectivity index (χ2v) is 3.62. The summed E-state index contributed by atoms with van der Waals surface area (Å²) in [5, 5.41) is 4.41. The van der Waals surface area contributed by atoms with E-state index in [1.54, 1.807) is 18.3 Å². The minimum absolute atomic E-state index is 0.330. The molecular formula is C11H7N4O2. The van der Waals surface area contributed by atoms with Crippen molar-refractivity contribution in [1.82, 2.24) is 9.99 Å². The summed E-state index contributed by atoms with van der Waals surface area (Å²) < 4.78 is 1.27. The number of aromatic nitrogens is 1. The molecule has 1 radical (unpaired) electrons. The molecule has 0 saturated carbocycles. The monoisotopic (exact) mass is 227 g/mol. The molecule has 1 aromatic heterocycles. The number of carbonyl (C=O) groups excluding carboxylic acids is 2. The van der Waals surface area contributed by atoms with Crippen LogP contribution in [-0.4, -0.2) is 22.7 Å². The van der Waals surface area contributed by atoms with Crippen molar-refractivity contribution in [1.29, 1.82) is 0 Å². The molecule has 3 N–H and O–H groups in total. The topological polar surface area (TPSA) is 89.5 Å². The van der Waals surface area contributed by atoms with Gasteiger partial charge >= 0.3 is 6.03 Å². The van der Waals surface area contributed by atoms with E-state index in [2.05, 4.69) is 16.6 Å². The van der Waals surface area contributed by atoms with Crippen LogP contribution in [0.5, 0.6) is 0 Å². The summed E-state index contributed by atoms with van der Waals surface area (Å²) >= 11 is 0. The lowest BCUT2D eigenvalue weighted by molar-refractivity contribution is 0.0957. The maximum absolute atomic E-state index is 11.7. The van der Waals surface area contributed by atoms with E-state index in [1.807, 2.05) is 0 Å². The molecule has 0 spiro atoms. The number of amides is 2. The van der Waals surface area contributed by atoms with E-state index in [9.17, 15) is 9.59 Å². The number of hydrazone groups is 1. The van der Waals surface area contributed by atoms with Gasteiger partial charge in [0.15, 0.2) is 0 Å². The van der Waals surface area contributed by atoms with Gasteiger partial charge in [-0.2, -0.15) is 5.10 Å². The molecule has 0 bridgehead atoms. The van der Waals surface area contributed by atoms with Crippen LogP contribution in [0.2, 0.25) is 0 Å². The van der Waals surface area contributed by atoms with Crippen LogP contribution in [0.4, 0.5) is 4.79 Å². The Labute approximate surface area is 95.7 Å². The maximum Gasteiger partial charge on any atom is 0.323 e. The highest BCUT2D eigenvalue weighted by Crippen LogP contribution is 2.25. The van der Waals surface area contributed by atoms with Gasteiger partial charge in [-0.3, -0.25) is 9.36 Å². The van der Waals surface area contributed by atoms with Crippen LogP contribution >= 0.6 is 0 Å². The first kappa shape index (κ1) is 9.59. The zero-order valence-electron chi connectivity index (χ0n) is 8.60. The van der Waals surface area contributed by atoms with Gasteiger partial charge in [-0.25, -0.2) is 10.2 Å². The molecule has 1 aliphatic heterocycles. The third-order valence-corrected chi connectivity index (χ3v) is 2.64. The van der Waals surface area contributed by atoms with Crippen molar-refractivity contribution < 1.29 is 9.59 Å². The first-order valence-corrected chi connectivity index (χ1v) is 4.87. The maximum atomic E-state index is 11.7. The molecule has 6 nitrogen and oxygen atoms in total. The highest BCUT2D eigenvalue weighted by atomic mass is 16.2. The van der Waals surface area contributed by atoms with Crippen LogP contribution in [0.3, 0.4) is 0 Å². The first-order valence-electron chi connectivity index (χ1n) is 4.87. The van der Waals surface area contributed by atoms with Crippen LogP contribution < -0.4 is 11.2 Å². The minimum Gasteiger partial charge on any atom is -0.351 e. The summed E-state index contributed by atoms with van der Waals surface area (Å²) in [6, 6.07) is 5.37. The molecule has 1 aliphatic rings. The fourth-order valence-corrected chi connectivity index (χ4v) is 1.93. The lowest BCUT2D eigenvalue weighted by atomic mass is 10.1. The normalized spacial score (nSPS) is 13.5. The van der Waals surface area contributed by atoms with Crippen LogP contribution in [0.25, 0.3) is 10.9 Å². The Balaban J connectivity index is 2.49. The molecule has 0 saturated heterocycles. The smallest absolute Gasteiger partial charge is 0.323 e. The van der Waals surface area contributed by atoms with Crippen molar-refractivity contribution in [3.8, 4) is 0 Å². The van der Waals surface area contributed by atoms with Gasteiger partial charge in [0.1, 0.15) is 0 Å². The van der Waals surface area contributed by atoms with E-state index >= 15 is 0 Å². The summed E-state index contributed by atoms with van der Waals surface area (Å²) in [5.41, 5.74) is 9.27. The van der Waals surface area contributed by atoms with E-state index in [0.717, 1.165) is 0 Å². The summed E-state index contributed by atoms with van der Waals surface area (Å²) in [6.45, 7) is 0. The fourth-order valence-electron chi connectivity index (χ4n) is 1.93. The number of hydrogen-bond donors (Lipinski definition) is 2. The molecule has 0 fully saturated rings. The molecule has 2 aromatic rings. The zero-order chi connectivity index (χ0) is 12.0. The number of carbonyl (C=O) groups is 2. The molecule has 6 heteroatoms. The molecule has 0 aliphatic carbocycles. The lowest BCUT2D eigenvalue weighted by Crippen LogP contribution is -2.19. The van der Waals surface area contributed by atoms with Crippen LogP contribution in [-0.2, 0) is 0 Å². The van der Waals surface area contributed by atoms with E-state index in [1.165, 1.54) is 10.8 Å². The van der Waals surface area contributed by atoms with Gasteiger partial charge in [0.05, 0.1) is 17.3 Å². The molecule has 2 amide bonds. The number of benzene rings is 1. The van der Waals surface area contributed by atoms with Crippen LogP contribution in [0.15, 0.2) is 23.4 Å². The Kier molecular flexibility index (Phi) is 1.79. The molecule has 1 aromatic carbocycles. The van der Waals surface area contributed by atoms with Gasteiger partial charge in [0, 0.05) is 17.1 Å². The molecule has 0 unspecified atom stereocenters. The van der Waals surface area contributed by atoms with Crippen molar-refractivity contribution >= 4 is 29.1 Å². The Morgan fingerprint density at radius 1 is 1.47 bits per heavy atom. The van der Waals surface area contributed by atoms with E-state index < -0.39 is 6.03 Å². The second kappa shape index (κ2) is 3.18. The Morgan fingerprint density at radius 2 is 2.29 bits per heavy atom. The van der Waals surface area contributed by atoms with Crippen molar-refractivity contribution in [3.05, 3.63) is 35.5 Å². The molecule has 2 heterocycles. The van der Waals surface area contributed by atoms with Crippen molar-refractivity contribution in [2.75, 3.05) is 0 Å². The van der Waals surface area contributed by atoms with Gasteiger partial charge in [-0.05, 0) is 18.2 Å². The third kappa shape index (κ3) is 1.24. The Hall–Kier alpha value is -2.63. The van der Waals surface area contributed by atoms with Gasteiger partial charge in [0.25, 0.3) is 5.91 Å². The van der Waals surface area contributed by atoms with Crippen molar-refractivity contribution in [2.24, 2.45) is 10.8 Å². The average molecular weight is 227 g/mol. The molecule has 17 heavy (non-hydrogen) atoms. The summed E-state index contributed by atoms with van der Waals surface area (Å²) in [4.78, 5) is 23.0.